The zero-order chi connectivity index (χ0) is 12.5. The third kappa shape index (κ3) is 3.44. The van der Waals surface area contributed by atoms with Crippen LogP contribution in [0.5, 0.6) is 0 Å². The van der Waals surface area contributed by atoms with Crippen LogP contribution in [0.15, 0.2) is 10.5 Å². The molecule has 0 unspecified atom stereocenters. The maximum Gasteiger partial charge on any atom is 0.107 e. The number of rotatable bonds is 3. The monoisotopic (exact) mass is 336 g/mol. The molecule has 1 fully saturated rings. The molecule has 2 heterocycles. The van der Waals surface area contributed by atoms with Crippen LogP contribution in [-0.4, -0.2) is 30.6 Å². The average molecular weight is 338 g/mol. The lowest BCUT2D eigenvalue weighted by atomic mass is 9.90. The minimum absolute atomic E-state index is 0.324. The van der Waals surface area contributed by atoms with E-state index in [1.165, 1.54) is 17.7 Å². The SMILES string of the molecule is CNC1(C)CCN(Cc2cc(Br)c(Cl)s2)CC1. The van der Waals surface area contributed by atoms with Gasteiger partial charge < -0.3 is 5.32 Å². The summed E-state index contributed by atoms with van der Waals surface area (Å²) >= 11 is 11.2. The Morgan fingerprint density at radius 2 is 2.18 bits per heavy atom. The second-order valence-electron chi connectivity index (χ2n) is 4.92. The van der Waals surface area contributed by atoms with Gasteiger partial charge in [0.25, 0.3) is 0 Å². The van der Waals surface area contributed by atoms with Gasteiger partial charge in [0.2, 0.25) is 0 Å². The Morgan fingerprint density at radius 1 is 1.53 bits per heavy atom. The number of hydrogen-bond donors (Lipinski definition) is 1. The third-order valence-electron chi connectivity index (χ3n) is 3.64. The van der Waals surface area contributed by atoms with Crippen molar-refractivity contribution in [2.75, 3.05) is 20.1 Å². The lowest BCUT2D eigenvalue weighted by molar-refractivity contribution is 0.147. The molecule has 0 saturated carbocycles. The van der Waals surface area contributed by atoms with Crippen molar-refractivity contribution in [2.24, 2.45) is 0 Å². The highest BCUT2D eigenvalue weighted by molar-refractivity contribution is 9.10. The number of nitrogens with one attached hydrogen (secondary N) is 1. The van der Waals surface area contributed by atoms with Crippen molar-refractivity contribution in [3.63, 3.8) is 0 Å². The van der Waals surface area contributed by atoms with Crippen LogP contribution in [0.4, 0.5) is 0 Å². The first-order chi connectivity index (χ1) is 8.02. The van der Waals surface area contributed by atoms with E-state index in [0.29, 0.717) is 5.54 Å². The molecule has 1 aliphatic rings. The van der Waals surface area contributed by atoms with Gasteiger partial charge in [0, 0.05) is 34.5 Å². The minimum Gasteiger partial charge on any atom is -0.314 e. The van der Waals surface area contributed by atoms with E-state index in [4.69, 9.17) is 11.6 Å². The van der Waals surface area contributed by atoms with Crippen LogP contribution in [0.25, 0.3) is 0 Å². The molecule has 0 aliphatic carbocycles. The molecule has 1 aromatic rings. The largest absolute Gasteiger partial charge is 0.314 e. The van der Waals surface area contributed by atoms with Gasteiger partial charge in [-0.1, -0.05) is 11.6 Å². The Morgan fingerprint density at radius 3 is 2.65 bits per heavy atom. The zero-order valence-electron chi connectivity index (χ0n) is 10.2. The van der Waals surface area contributed by atoms with Gasteiger partial charge in [-0.15, -0.1) is 11.3 Å². The number of nitrogens with zero attached hydrogens (tertiary/aromatic N) is 1. The summed E-state index contributed by atoms with van der Waals surface area (Å²) in [5.41, 5.74) is 0.324. The van der Waals surface area contributed by atoms with Crippen LogP contribution < -0.4 is 5.32 Å². The van der Waals surface area contributed by atoms with Crippen molar-refractivity contribution in [3.8, 4) is 0 Å². The maximum atomic E-state index is 6.06. The average Bonchev–Trinajstić information content (AvgIpc) is 2.62. The molecule has 0 radical (unpaired) electrons. The molecule has 0 atom stereocenters. The number of piperidine rings is 1. The van der Waals surface area contributed by atoms with Crippen LogP contribution >= 0.6 is 38.9 Å². The molecule has 1 saturated heterocycles. The third-order valence-corrected chi connectivity index (χ3v) is 6.10. The summed E-state index contributed by atoms with van der Waals surface area (Å²) in [4.78, 5) is 3.85. The molecular weight excluding hydrogens is 320 g/mol. The van der Waals surface area contributed by atoms with Gasteiger partial charge in [-0.3, -0.25) is 4.90 Å². The molecule has 1 aromatic heterocycles. The van der Waals surface area contributed by atoms with E-state index in [1.807, 2.05) is 0 Å². The molecule has 0 bridgehead atoms. The molecule has 96 valence electrons. The Hall–Kier alpha value is 0.390. The molecular formula is C12H18BrClN2S. The second-order valence-corrected chi connectivity index (χ2v) is 7.51. The molecule has 2 nitrogen and oxygen atoms in total. The van der Waals surface area contributed by atoms with Gasteiger partial charge in [-0.2, -0.15) is 0 Å². The number of thiophene rings is 1. The van der Waals surface area contributed by atoms with Crippen molar-refractivity contribution < 1.29 is 0 Å². The summed E-state index contributed by atoms with van der Waals surface area (Å²) < 4.78 is 1.88. The standard InChI is InChI=1S/C12H18BrClN2S/c1-12(15-2)3-5-16(6-4-12)8-9-7-10(13)11(14)17-9/h7,15H,3-6,8H2,1-2H3. The summed E-state index contributed by atoms with van der Waals surface area (Å²) in [5.74, 6) is 0. The maximum absolute atomic E-state index is 6.06. The van der Waals surface area contributed by atoms with Crippen LogP contribution in [0.3, 0.4) is 0 Å². The lowest BCUT2D eigenvalue weighted by Crippen LogP contribution is -2.49. The summed E-state index contributed by atoms with van der Waals surface area (Å²) in [6.45, 7) is 5.65. The Kier molecular flexibility index (Phi) is 4.53. The fourth-order valence-corrected chi connectivity index (χ4v) is 3.98. The predicted octanol–water partition coefficient (Wildman–Crippen LogP) is 3.74. The summed E-state index contributed by atoms with van der Waals surface area (Å²) in [7, 11) is 2.06. The number of halogens is 2. The highest BCUT2D eigenvalue weighted by Gasteiger charge is 2.28. The van der Waals surface area contributed by atoms with Gasteiger partial charge in [0.05, 0.1) is 0 Å². The van der Waals surface area contributed by atoms with Gasteiger partial charge in [-0.25, -0.2) is 0 Å². The quantitative estimate of drug-likeness (QED) is 0.904. The normalized spacial score (nSPS) is 20.7. The topological polar surface area (TPSA) is 15.3 Å². The van der Waals surface area contributed by atoms with Crippen molar-refractivity contribution in [1.29, 1.82) is 0 Å². The van der Waals surface area contributed by atoms with E-state index in [0.717, 1.165) is 28.4 Å². The first-order valence-corrected chi connectivity index (χ1v) is 7.86. The summed E-state index contributed by atoms with van der Waals surface area (Å²) in [5, 5.41) is 3.43. The first-order valence-electron chi connectivity index (χ1n) is 5.87. The van der Waals surface area contributed by atoms with E-state index in [2.05, 4.69) is 46.2 Å². The van der Waals surface area contributed by atoms with E-state index < -0.39 is 0 Å². The smallest absolute Gasteiger partial charge is 0.107 e. The van der Waals surface area contributed by atoms with Crippen LogP contribution in [0, 0.1) is 0 Å². The predicted molar refractivity (Wildman–Crippen MR) is 79.0 cm³/mol. The Balaban J connectivity index is 1.90. The lowest BCUT2D eigenvalue weighted by Gasteiger charge is -2.39. The van der Waals surface area contributed by atoms with Gasteiger partial charge in [0.1, 0.15) is 4.34 Å². The molecule has 5 heteroatoms. The molecule has 2 rings (SSSR count). The molecule has 0 amide bonds. The van der Waals surface area contributed by atoms with Crippen molar-refractivity contribution in [3.05, 3.63) is 19.8 Å². The van der Waals surface area contributed by atoms with E-state index in [-0.39, 0.29) is 0 Å². The first kappa shape index (κ1) is 13.8. The highest BCUT2D eigenvalue weighted by atomic mass is 79.9. The number of likely N-dealkylation sites (tertiary alicyclic amines) is 1. The minimum atomic E-state index is 0.324. The van der Waals surface area contributed by atoms with Crippen LogP contribution in [0.2, 0.25) is 4.34 Å². The molecule has 1 N–H and O–H groups in total. The Labute approximate surface area is 120 Å². The number of hydrogen-bond acceptors (Lipinski definition) is 3. The summed E-state index contributed by atoms with van der Waals surface area (Å²) in [6, 6.07) is 2.14. The molecule has 0 spiro atoms. The second kappa shape index (κ2) is 5.57. The fraction of sp³-hybridized carbons (Fsp3) is 0.667. The zero-order valence-corrected chi connectivity index (χ0v) is 13.4. The fourth-order valence-electron chi connectivity index (χ4n) is 2.14. The van der Waals surface area contributed by atoms with Gasteiger partial charge >= 0.3 is 0 Å². The van der Waals surface area contributed by atoms with E-state index in [9.17, 15) is 0 Å². The van der Waals surface area contributed by atoms with E-state index in [1.54, 1.807) is 11.3 Å². The van der Waals surface area contributed by atoms with Gasteiger partial charge in [0.15, 0.2) is 0 Å². The highest BCUT2D eigenvalue weighted by Crippen LogP contribution is 2.33. The van der Waals surface area contributed by atoms with Gasteiger partial charge in [-0.05, 0) is 48.8 Å². The van der Waals surface area contributed by atoms with Crippen molar-refractivity contribution >= 4 is 38.9 Å². The van der Waals surface area contributed by atoms with Crippen molar-refractivity contribution in [2.45, 2.75) is 31.8 Å². The molecule has 0 aromatic carbocycles. The van der Waals surface area contributed by atoms with Crippen LogP contribution in [-0.2, 0) is 6.54 Å². The van der Waals surface area contributed by atoms with Crippen molar-refractivity contribution in [1.82, 2.24) is 10.2 Å². The molecule has 1 aliphatic heterocycles. The summed E-state index contributed by atoms with van der Waals surface area (Å²) in [6.07, 6.45) is 2.42. The van der Waals surface area contributed by atoms with Crippen LogP contribution in [0.1, 0.15) is 24.6 Å². The molecule has 17 heavy (non-hydrogen) atoms. The Bertz CT molecular complexity index is 366. The van der Waals surface area contributed by atoms with E-state index >= 15 is 0 Å².